The highest BCUT2D eigenvalue weighted by Gasteiger charge is 2.25. The van der Waals surface area contributed by atoms with Crippen LogP contribution in [-0.2, 0) is 14.1 Å². The number of ether oxygens (including phenoxy) is 1. The molecular formula is C14H19N2O9P. The summed E-state index contributed by atoms with van der Waals surface area (Å²) in [6.07, 6.45) is -2.98. The van der Waals surface area contributed by atoms with Crippen molar-refractivity contribution < 1.29 is 38.7 Å². The van der Waals surface area contributed by atoms with Gasteiger partial charge in [0.25, 0.3) is 5.69 Å². The molecule has 0 spiro atoms. The van der Waals surface area contributed by atoms with Gasteiger partial charge in [-0.15, -0.1) is 0 Å². The molecule has 12 heteroatoms. The second kappa shape index (κ2) is 9.27. The molecule has 0 saturated carbocycles. The molecule has 1 amide bonds. The van der Waals surface area contributed by atoms with Gasteiger partial charge in [0, 0.05) is 12.2 Å². The van der Waals surface area contributed by atoms with E-state index in [1.807, 2.05) is 0 Å². The van der Waals surface area contributed by atoms with E-state index in [0.29, 0.717) is 0 Å². The summed E-state index contributed by atoms with van der Waals surface area (Å²) in [6.45, 7) is 1.39. The quantitative estimate of drug-likeness (QED) is 0.278. The second-order valence-electron chi connectivity index (χ2n) is 5.43. The first kappa shape index (κ1) is 21.6. The van der Waals surface area contributed by atoms with E-state index in [4.69, 9.17) is 19.6 Å². The van der Waals surface area contributed by atoms with Crippen molar-refractivity contribution in [2.75, 3.05) is 6.16 Å². The molecule has 144 valence electrons. The fourth-order valence-electron chi connectivity index (χ4n) is 2.16. The Morgan fingerprint density at radius 3 is 2.50 bits per heavy atom. The average molecular weight is 390 g/mol. The van der Waals surface area contributed by atoms with Gasteiger partial charge in [-0.05, 0) is 25.8 Å². The molecule has 1 aromatic rings. The number of nitro benzene ring substituents is 1. The van der Waals surface area contributed by atoms with Crippen molar-refractivity contribution in [1.82, 2.24) is 5.32 Å². The number of hydrogen-bond donors (Lipinski definition) is 4. The van der Waals surface area contributed by atoms with E-state index in [-0.39, 0.29) is 24.1 Å². The van der Waals surface area contributed by atoms with Crippen LogP contribution in [0.2, 0.25) is 0 Å². The van der Waals surface area contributed by atoms with Crippen LogP contribution < -0.4 is 5.32 Å². The predicted molar refractivity (Wildman–Crippen MR) is 88.7 cm³/mol. The smallest absolute Gasteiger partial charge is 0.408 e. The van der Waals surface area contributed by atoms with Crippen LogP contribution in [0.4, 0.5) is 10.5 Å². The number of carboxylic acids is 1. The molecule has 0 fully saturated rings. The minimum absolute atomic E-state index is 0.124. The number of alkyl carbamates (subject to hydrolysis) is 1. The molecule has 0 unspecified atom stereocenters. The lowest BCUT2D eigenvalue weighted by molar-refractivity contribution is -0.386. The van der Waals surface area contributed by atoms with E-state index in [1.54, 1.807) is 0 Å². The molecule has 0 aliphatic heterocycles. The number of nitrogens with zero attached hydrogens (tertiary/aromatic N) is 1. The number of hydrogen-bond acceptors (Lipinski definition) is 6. The number of carbonyl (C=O) groups is 2. The van der Waals surface area contributed by atoms with E-state index in [1.165, 1.54) is 31.2 Å². The van der Waals surface area contributed by atoms with Gasteiger partial charge in [0.2, 0.25) is 0 Å². The van der Waals surface area contributed by atoms with Crippen LogP contribution in [0.5, 0.6) is 0 Å². The highest BCUT2D eigenvalue weighted by atomic mass is 31.2. The van der Waals surface area contributed by atoms with Crippen LogP contribution in [0.1, 0.15) is 31.4 Å². The lowest BCUT2D eigenvalue weighted by atomic mass is 10.1. The van der Waals surface area contributed by atoms with Gasteiger partial charge in [0.05, 0.1) is 10.5 Å². The number of carboxylic acid groups (broad SMARTS) is 1. The summed E-state index contributed by atoms with van der Waals surface area (Å²) >= 11 is 0. The summed E-state index contributed by atoms with van der Waals surface area (Å²) in [5.41, 5.74) is -0.106. The second-order valence-corrected chi connectivity index (χ2v) is 7.21. The molecule has 0 aliphatic carbocycles. The molecule has 1 rings (SSSR count). The highest BCUT2D eigenvalue weighted by Crippen LogP contribution is 2.35. The van der Waals surface area contributed by atoms with Crippen LogP contribution in [-0.4, -0.2) is 44.1 Å². The summed E-state index contributed by atoms with van der Waals surface area (Å²) in [5, 5.41) is 22.1. The largest absolute Gasteiger partial charge is 0.480 e. The number of aliphatic carboxylic acids is 1. The zero-order valence-electron chi connectivity index (χ0n) is 13.8. The Kier molecular flexibility index (Phi) is 7.69. The molecule has 4 N–H and O–H groups in total. The van der Waals surface area contributed by atoms with Crippen LogP contribution in [0, 0.1) is 10.1 Å². The molecule has 11 nitrogen and oxygen atoms in total. The van der Waals surface area contributed by atoms with Crippen LogP contribution >= 0.6 is 7.60 Å². The average Bonchev–Trinajstić information content (AvgIpc) is 2.52. The van der Waals surface area contributed by atoms with Crippen molar-refractivity contribution >= 4 is 25.3 Å². The van der Waals surface area contributed by atoms with Gasteiger partial charge >= 0.3 is 19.7 Å². The number of amides is 1. The summed E-state index contributed by atoms with van der Waals surface area (Å²) in [4.78, 5) is 50.9. The number of nitro groups is 1. The van der Waals surface area contributed by atoms with Gasteiger partial charge in [0.1, 0.15) is 12.1 Å². The van der Waals surface area contributed by atoms with Gasteiger partial charge in [0.15, 0.2) is 0 Å². The third-order valence-corrected chi connectivity index (χ3v) is 4.29. The molecule has 0 radical (unpaired) electrons. The zero-order valence-corrected chi connectivity index (χ0v) is 14.7. The summed E-state index contributed by atoms with van der Waals surface area (Å²) in [6, 6.07) is 4.23. The minimum Gasteiger partial charge on any atom is -0.480 e. The maximum absolute atomic E-state index is 11.9. The maximum Gasteiger partial charge on any atom is 0.408 e. The van der Waals surface area contributed by atoms with Gasteiger partial charge in [-0.1, -0.05) is 12.1 Å². The number of carbonyl (C=O) groups excluding carboxylic acids is 1. The zero-order chi connectivity index (χ0) is 19.9. The third-order valence-electron chi connectivity index (χ3n) is 3.39. The van der Waals surface area contributed by atoms with Crippen molar-refractivity contribution in [3.8, 4) is 0 Å². The Morgan fingerprint density at radius 1 is 1.35 bits per heavy atom. The predicted octanol–water partition coefficient (Wildman–Crippen LogP) is 1.79. The summed E-state index contributed by atoms with van der Waals surface area (Å²) in [5.74, 6) is -1.40. The standard InChI is InChI=1S/C14H19N2O9P/c1-9(10-5-2-3-7-12(10)16(20)21)25-14(19)15-11(13(17)18)6-4-8-26(22,23)24/h2-3,5,7,9,11H,4,6,8H2,1H3,(H,15,19)(H,17,18)(H2,22,23,24)/t9-,11+/m0/s1. The Balaban J connectivity index is 2.69. The molecule has 1 aromatic carbocycles. The molecule has 0 heterocycles. The van der Waals surface area contributed by atoms with Gasteiger partial charge < -0.3 is 24.9 Å². The molecule has 0 bridgehead atoms. The van der Waals surface area contributed by atoms with Crippen LogP contribution in [0.3, 0.4) is 0 Å². The number of para-hydroxylation sites is 1. The van der Waals surface area contributed by atoms with Gasteiger partial charge in [-0.3, -0.25) is 14.7 Å². The first-order chi connectivity index (χ1) is 12.0. The van der Waals surface area contributed by atoms with E-state index in [9.17, 15) is 24.3 Å². The topological polar surface area (TPSA) is 176 Å². The molecule has 0 saturated heterocycles. The van der Waals surface area contributed by atoms with Crippen molar-refractivity contribution in [3.63, 3.8) is 0 Å². The number of rotatable bonds is 9. The molecule has 0 aliphatic rings. The Hall–Kier alpha value is -2.49. The minimum atomic E-state index is -4.26. The number of nitrogens with one attached hydrogen (secondary N) is 1. The molecule has 26 heavy (non-hydrogen) atoms. The van der Waals surface area contributed by atoms with Gasteiger partial charge in [-0.25, -0.2) is 9.59 Å². The SMILES string of the molecule is C[C@H](OC(=O)N[C@H](CCCP(=O)(O)O)C(=O)O)c1ccccc1[N+](=O)[O-]. The van der Waals surface area contributed by atoms with E-state index >= 15 is 0 Å². The van der Waals surface area contributed by atoms with Crippen LogP contribution in [0.15, 0.2) is 24.3 Å². The van der Waals surface area contributed by atoms with Crippen LogP contribution in [0.25, 0.3) is 0 Å². The van der Waals surface area contributed by atoms with Crippen molar-refractivity contribution in [3.05, 3.63) is 39.9 Å². The van der Waals surface area contributed by atoms with Gasteiger partial charge in [-0.2, -0.15) is 0 Å². The van der Waals surface area contributed by atoms with E-state index in [2.05, 4.69) is 5.32 Å². The Labute approximate surface area is 148 Å². The summed E-state index contributed by atoms with van der Waals surface area (Å²) < 4.78 is 15.8. The Bertz CT molecular complexity index is 718. The number of benzene rings is 1. The van der Waals surface area contributed by atoms with Crippen molar-refractivity contribution in [2.24, 2.45) is 0 Å². The van der Waals surface area contributed by atoms with Crippen molar-refractivity contribution in [1.29, 1.82) is 0 Å². The maximum atomic E-state index is 11.9. The van der Waals surface area contributed by atoms with Crippen molar-refractivity contribution in [2.45, 2.75) is 31.9 Å². The first-order valence-corrected chi connectivity index (χ1v) is 9.29. The third kappa shape index (κ3) is 7.18. The Morgan fingerprint density at radius 2 is 1.96 bits per heavy atom. The fourth-order valence-corrected chi connectivity index (χ4v) is 2.75. The first-order valence-electron chi connectivity index (χ1n) is 7.49. The highest BCUT2D eigenvalue weighted by molar-refractivity contribution is 7.51. The lowest BCUT2D eigenvalue weighted by Gasteiger charge is -2.18. The monoisotopic (exact) mass is 390 g/mol. The molecular weight excluding hydrogens is 371 g/mol. The van der Waals surface area contributed by atoms with E-state index < -0.39 is 42.9 Å². The fraction of sp³-hybridized carbons (Fsp3) is 0.429. The normalized spacial score (nSPS) is 13.5. The molecule has 2 atom stereocenters. The molecule has 0 aromatic heterocycles. The lowest BCUT2D eigenvalue weighted by Crippen LogP contribution is -2.41. The summed E-state index contributed by atoms with van der Waals surface area (Å²) in [7, 11) is -4.26. The van der Waals surface area contributed by atoms with E-state index in [0.717, 1.165) is 0 Å².